The van der Waals surface area contributed by atoms with Crippen molar-refractivity contribution >= 4 is 17.6 Å². The largest absolute Gasteiger partial charge is 0.495 e. The van der Waals surface area contributed by atoms with Gasteiger partial charge in [0.2, 0.25) is 5.95 Å². The van der Waals surface area contributed by atoms with Crippen LogP contribution in [0.15, 0.2) is 61.4 Å². The molecule has 0 amide bonds. The molecule has 11 nitrogen and oxygen atoms in total. The van der Waals surface area contributed by atoms with Gasteiger partial charge in [-0.3, -0.25) is 0 Å². The maximum atomic E-state index is 11.2. The van der Waals surface area contributed by atoms with Gasteiger partial charge in [0, 0.05) is 18.0 Å². The fraction of sp³-hybridized carbons (Fsp3) is 0.167. The molecule has 0 bridgehead atoms. The van der Waals surface area contributed by atoms with Crippen LogP contribution in [0.25, 0.3) is 11.1 Å². The normalized spacial score (nSPS) is 11.3. The Kier molecular flexibility index (Phi) is 6.83. The first-order chi connectivity index (χ1) is 17.0. The number of nitriles is 1. The minimum atomic E-state index is -1.05. The minimum absolute atomic E-state index is 0.109. The molecule has 2 aromatic heterocycles. The highest BCUT2D eigenvalue weighted by molar-refractivity contribution is 5.89. The molecule has 2 heterocycles. The van der Waals surface area contributed by atoms with Gasteiger partial charge < -0.3 is 19.9 Å². The molecule has 0 aliphatic carbocycles. The molecular formula is C24H21N7O4. The molecular weight excluding hydrogens is 450 g/mol. The van der Waals surface area contributed by atoms with E-state index in [2.05, 4.69) is 31.4 Å². The number of carboxylic acid groups (broad SMARTS) is 1. The Morgan fingerprint density at radius 3 is 2.63 bits per heavy atom. The Hall–Kier alpha value is -4.98. The number of carboxylic acids is 1. The molecule has 0 aliphatic rings. The van der Waals surface area contributed by atoms with Crippen LogP contribution in [0, 0.1) is 11.3 Å². The second kappa shape index (κ2) is 10.3. The van der Waals surface area contributed by atoms with E-state index in [1.807, 2.05) is 6.92 Å². The molecule has 35 heavy (non-hydrogen) atoms. The second-order valence-corrected chi connectivity index (χ2v) is 7.51. The Morgan fingerprint density at radius 1 is 1.17 bits per heavy atom. The van der Waals surface area contributed by atoms with E-state index in [0.29, 0.717) is 35.2 Å². The van der Waals surface area contributed by atoms with Gasteiger partial charge in [0.05, 0.1) is 30.5 Å². The molecule has 0 saturated heterocycles. The Morgan fingerprint density at radius 2 is 1.97 bits per heavy atom. The minimum Gasteiger partial charge on any atom is -0.495 e. The van der Waals surface area contributed by atoms with Gasteiger partial charge in [-0.2, -0.15) is 10.4 Å². The predicted molar refractivity (Wildman–Crippen MR) is 126 cm³/mol. The van der Waals surface area contributed by atoms with Crippen molar-refractivity contribution in [3.05, 3.63) is 72.6 Å². The zero-order valence-corrected chi connectivity index (χ0v) is 18.9. The van der Waals surface area contributed by atoms with Gasteiger partial charge in [0.25, 0.3) is 0 Å². The first-order valence-corrected chi connectivity index (χ1v) is 10.5. The van der Waals surface area contributed by atoms with Crippen molar-refractivity contribution in [2.24, 2.45) is 0 Å². The van der Waals surface area contributed by atoms with Crippen molar-refractivity contribution in [3.63, 3.8) is 0 Å². The van der Waals surface area contributed by atoms with Gasteiger partial charge in [0.15, 0.2) is 0 Å². The van der Waals surface area contributed by atoms with Gasteiger partial charge in [-0.1, -0.05) is 6.07 Å². The smallest absolute Gasteiger partial charge is 0.335 e. The third kappa shape index (κ3) is 5.51. The van der Waals surface area contributed by atoms with Crippen LogP contribution in [0.5, 0.6) is 11.5 Å². The van der Waals surface area contributed by atoms with Crippen LogP contribution in [0.4, 0.5) is 11.6 Å². The highest BCUT2D eigenvalue weighted by Gasteiger charge is 2.13. The lowest BCUT2D eigenvalue weighted by Crippen LogP contribution is -2.20. The van der Waals surface area contributed by atoms with Crippen molar-refractivity contribution < 1.29 is 19.4 Å². The van der Waals surface area contributed by atoms with Crippen LogP contribution in [-0.4, -0.2) is 49.0 Å². The molecule has 0 aliphatic heterocycles. The first-order valence-electron chi connectivity index (χ1n) is 10.5. The topological polar surface area (TPSA) is 148 Å². The Labute approximate surface area is 200 Å². The van der Waals surface area contributed by atoms with Crippen LogP contribution >= 0.6 is 0 Å². The van der Waals surface area contributed by atoms with E-state index in [0.717, 1.165) is 11.1 Å². The number of aromatic carboxylic acids is 1. The number of benzene rings is 2. The summed E-state index contributed by atoms with van der Waals surface area (Å²) < 4.78 is 12.9. The molecule has 4 aromatic rings. The summed E-state index contributed by atoms with van der Waals surface area (Å²) in [4.78, 5) is 23.8. The Bertz CT molecular complexity index is 1370. The Balaban J connectivity index is 1.51. The standard InChI is InChI=1S/C24H21N7O4/c1-15(12-31-14-26-13-29-31)35-21-7-16(3-4-18(21)9-25)19-10-27-24(28-11-19)30-20-6-5-17(23(32)33)8-22(20)34-2/h3-8,10-11,13-15H,12H2,1-2H3,(H,32,33)(H,27,28,30)/t15-/m0/s1. The summed E-state index contributed by atoms with van der Waals surface area (Å²) in [6, 6.07) is 11.9. The predicted octanol–water partition coefficient (Wildman–Crippen LogP) is 3.52. The third-order valence-corrected chi connectivity index (χ3v) is 5.02. The summed E-state index contributed by atoms with van der Waals surface area (Å²) in [5.74, 6) is 0.0604. The highest BCUT2D eigenvalue weighted by atomic mass is 16.5. The number of aromatic nitrogens is 5. The molecule has 0 fully saturated rings. The molecule has 11 heteroatoms. The van der Waals surface area contributed by atoms with Crippen LogP contribution in [0.2, 0.25) is 0 Å². The number of nitrogens with one attached hydrogen (secondary N) is 1. The van der Waals surface area contributed by atoms with Gasteiger partial charge >= 0.3 is 5.97 Å². The lowest BCUT2D eigenvalue weighted by atomic mass is 10.1. The molecule has 176 valence electrons. The van der Waals surface area contributed by atoms with E-state index in [4.69, 9.17) is 14.6 Å². The molecule has 1 atom stereocenters. The van der Waals surface area contributed by atoms with E-state index in [-0.39, 0.29) is 11.7 Å². The lowest BCUT2D eigenvalue weighted by Gasteiger charge is -2.16. The first kappa shape index (κ1) is 23.2. The number of carbonyl (C=O) groups is 1. The average molecular weight is 471 g/mol. The van der Waals surface area contributed by atoms with E-state index < -0.39 is 5.97 Å². The summed E-state index contributed by atoms with van der Waals surface area (Å²) >= 11 is 0. The number of hydrogen-bond donors (Lipinski definition) is 2. The highest BCUT2D eigenvalue weighted by Crippen LogP contribution is 2.30. The fourth-order valence-electron chi connectivity index (χ4n) is 3.33. The van der Waals surface area contributed by atoms with Crippen molar-refractivity contribution in [3.8, 4) is 28.7 Å². The second-order valence-electron chi connectivity index (χ2n) is 7.51. The molecule has 2 aromatic carbocycles. The zero-order valence-electron chi connectivity index (χ0n) is 18.9. The van der Waals surface area contributed by atoms with Crippen molar-refractivity contribution in [1.82, 2.24) is 24.7 Å². The molecule has 0 spiro atoms. The van der Waals surface area contributed by atoms with Gasteiger partial charge in [-0.15, -0.1) is 0 Å². The number of ether oxygens (including phenoxy) is 2. The quantitative estimate of drug-likeness (QED) is 0.371. The molecule has 0 saturated carbocycles. The molecule has 0 unspecified atom stereocenters. The maximum absolute atomic E-state index is 11.2. The van der Waals surface area contributed by atoms with E-state index in [1.165, 1.54) is 25.6 Å². The van der Waals surface area contributed by atoms with Crippen LogP contribution < -0.4 is 14.8 Å². The summed E-state index contributed by atoms with van der Waals surface area (Å²) in [5.41, 5.74) is 2.55. The number of hydrogen-bond acceptors (Lipinski definition) is 9. The zero-order chi connectivity index (χ0) is 24.8. The van der Waals surface area contributed by atoms with Gasteiger partial charge in [-0.25, -0.2) is 24.4 Å². The van der Waals surface area contributed by atoms with E-state index >= 15 is 0 Å². The summed E-state index contributed by atoms with van der Waals surface area (Å²) in [7, 11) is 1.45. The van der Waals surface area contributed by atoms with Crippen LogP contribution in [-0.2, 0) is 6.54 Å². The number of methoxy groups -OCH3 is 1. The van der Waals surface area contributed by atoms with Crippen molar-refractivity contribution in [2.45, 2.75) is 19.6 Å². The van der Waals surface area contributed by atoms with Gasteiger partial charge in [0.1, 0.15) is 36.3 Å². The fourth-order valence-corrected chi connectivity index (χ4v) is 3.33. The summed E-state index contributed by atoms with van der Waals surface area (Å²) in [6.45, 7) is 2.37. The molecule has 4 rings (SSSR count). The number of nitrogens with zero attached hydrogens (tertiary/aromatic N) is 6. The van der Waals surface area contributed by atoms with Crippen LogP contribution in [0.3, 0.4) is 0 Å². The van der Waals surface area contributed by atoms with Crippen molar-refractivity contribution in [1.29, 1.82) is 5.26 Å². The summed E-state index contributed by atoms with van der Waals surface area (Å²) in [6.07, 6.45) is 6.08. The number of anilines is 2. The SMILES string of the molecule is COc1cc(C(=O)O)ccc1Nc1ncc(-c2ccc(C#N)c(O[C@@H](C)Cn3cncn3)c2)cn1. The lowest BCUT2D eigenvalue weighted by molar-refractivity contribution is 0.0696. The van der Waals surface area contributed by atoms with E-state index in [9.17, 15) is 10.1 Å². The monoisotopic (exact) mass is 471 g/mol. The van der Waals surface area contributed by atoms with E-state index in [1.54, 1.807) is 47.7 Å². The maximum Gasteiger partial charge on any atom is 0.335 e. The average Bonchev–Trinajstić information content (AvgIpc) is 3.37. The summed E-state index contributed by atoms with van der Waals surface area (Å²) in [5, 5.41) is 25.7. The molecule has 2 N–H and O–H groups in total. The third-order valence-electron chi connectivity index (χ3n) is 5.02. The van der Waals surface area contributed by atoms with Gasteiger partial charge in [-0.05, 0) is 42.8 Å². The van der Waals surface area contributed by atoms with Crippen molar-refractivity contribution in [2.75, 3.05) is 12.4 Å². The van der Waals surface area contributed by atoms with Crippen LogP contribution in [0.1, 0.15) is 22.8 Å². The number of rotatable bonds is 9. The molecule has 0 radical (unpaired) electrons.